The van der Waals surface area contributed by atoms with E-state index in [4.69, 9.17) is 33.2 Å². The van der Waals surface area contributed by atoms with E-state index in [1.54, 1.807) is 44.6 Å². The van der Waals surface area contributed by atoms with Crippen molar-refractivity contribution in [2.45, 2.75) is 271 Å². The maximum absolute atomic E-state index is 13.1. The predicted octanol–water partition coefficient (Wildman–Crippen LogP) is 25.1. The molecule has 0 saturated heterocycles. The second-order valence-corrected chi connectivity index (χ2v) is 42.1. The van der Waals surface area contributed by atoms with Crippen molar-refractivity contribution in [3.63, 3.8) is 0 Å². The lowest BCUT2D eigenvalue weighted by atomic mass is 9.80. The summed E-state index contributed by atoms with van der Waals surface area (Å²) >= 11 is 5.97. The van der Waals surface area contributed by atoms with E-state index in [2.05, 4.69) is 169 Å². The molecule has 28 nitrogen and oxygen atoms in total. The van der Waals surface area contributed by atoms with Crippen LogP contribution in [-0.4, -0.2) is 143 Å². The number of nitrogens with zero attached hydrogens (tertiary/aromatic N) is 7. The van der Waals surface area contributed by atoms with Crippen LogP contribution < -0.4 is 65.0 Å². The van der Waals surface area contributed by atoms with Crippen LogP contribution in [0.15, 0.2) is 178 Å². The molecular weight excluding hydrogens is 1890 g/mol. The highest BCUT2D eigenvalue weighted by Crippen LogP contribution is 2.50. The molecule has 4 aliphatic heterocycles. The smallest absolute Gasteiger partial charge is 0.412 e. The lowest BCUT2D eigenvalue weighted by Crippen LogP contribution is -2.57. The van der Waals surface area contributed by atoms with E-state index in [0.717, 1.165) is 124 Å². The highest BCUT2D eigenvalue weighted by Gasteiger charge is 2.44. The Hall–Kier alpha value is -12.7. The van der Waals surface area contributed by atoms with Crippen molar-refractivity contribution in [2.24, 2.45) is 7.05 Å². The number of hydrogen-bond acceptors (Lipinski definition) is 20. The Morgan fingerprint density at radius 3 is 1.71 bits per heavy atom. The Balaban J connectivity index is 0.000000163. The normalized spacial score (nSPS) is 17.6. The van der Waals surface area contributed by atoms with Gasteiger partial charge >= 0.3 is 36.1 Å². The number of para-hydroxylation sites is 2. The molecule has 141 heavy (non-hydrogen) atoms. The predicted molar refractivity (Wildman–Crippen MR) is 564 cm³/mol. The minimum absolute atomic E-state index is 0.0334. The van der Waals surface area contributed by atoms with Gasteiger partial charge in [-0.25, -0.2) is 29.0 Å². The average molecular weight is 2030 g/mol. The summed E-state index contributed by atoms with van der Waals surface area (Å²) in [5.41, 5.74) is 13.9. The molecule has 6 aliphatic rings. The van der Waals surface area contributed by atoms with E-state index in [0.29, 0.717) is 97.8 Å². The van der Waals surface area contributed by atoms with E-state index in [-0.39, 0.29) is 71.0 Å². The fraction of sp³-hybridized carbons (Fsp3) is 0.445. The standard InChI is InChI=1S/C21H21N3O5S2.C20H24N2O2.C20H30N2O.C19H28N2O.C16H18BrNO4.C14H17N3O2/c1-27-16-6-12(7-17(28-2)20(16)29-3)14-9-18(26)24-21(15(14)10-22)31-11-13(25)8-19-23-4-5-30-19;1-14-13-20(2,3)22(18-11-10-16(24-4)12-17(14)18)19(23)21-15-8-6-5-7-9-15;1-14-10-11-18-17(12-14)15(2)13-20(3,4)22(18)19(23)21-16-8-6-5-7-9-16;1-14-13-19(2,3)21(17-12-8-7-11-16(14)17)18(22)20-15-9-5-4-6-10-15;1-5-12-15(16(20)21-6-2)10-7-14(22-9(3)19)11(17)8-13(10)18(12)4;1-14(2,3)19-13(18)16-11-6-4-10(5-7-11)12-8-9-15-17-12/h4-7,14H,8-9,11H2,1-3H3,(H,24,26);5-12,14H,13H2,1-4H3,(H,21,23);10-12,15-16H,5-9,13H2,1-4H3,(H,21,23);7-8,11-12,14-15H,4-6,9-10,13H2,1-3H3,(H,20,22);7-8H,5-6H2,1-4H3;4-9H,1-3H3,(H,15,17)(H,16,18). The zero-order chi connectivity index (χ0) is 102. The van der Waals surface area contributed by atoms with Gasteiger partial charge in [-0.15, -0.1) is 11.3 Å². The minimum Gasteiger partial charge on any atom is -0.497 e. The van der Waals surface area contributed by atoms with E-state index in [1.807, 2.05) is 150 Å². The molecule has 0 radical (unpaired) electrons. The maximum atomic E-state index is 13.1. The third kappa shape index (κ3) is 28.2. The van der Waals surface area contributed by atoms with Crippen LogP contribution >= 0.6 is 39.0 Å². The zero-order valence-electron chi connectivity index (χ0n) is 85.2. The summed E-state index contributed by atoms with van der Waals surface area (Å²) in [4.78, 5) is 109. The monoisotopic (exact) mass is 2020 g/mol. The number of aromatic amines is 1. The number of hydrogen-bond donors (Lipinski definition) is 6. The molecule has 0 spiro atoms. The van der Waals surface area contributed by atoms with Gasteiger partial charge in [0.05, 0.1) is 90.1 Å². The summed E-state index contributed by atoms with van der Waals surface area (Å²) < 4.78 is 39.7. The number of fused-ring (bicyclic) bond motifs is 4. The van der Waals surface area contributed by atoms with Gasteiger partial charge < -0.3 is 59.0 Å². The van der Waals surface area contributed by atoms with E-state index in [1.165, 1.54) is 94.8 Å². The molecule has 752 valence electrons. The number of anilines is 5. The van der Waals surface area contributed by atoms with E-state index < -0.39 is 23.6 Å². The molecule has 2 saturated carbocycles. The number of thiazole rings is 1. The Bertz CT molecular complexity index is 6070. The first kappa shape index (κ1) is 109. The highest BCUT2D eigenvalue weighted by molar-refractivity contribution is 9.10. The number of ketones is 1. The topological polar surface area (TPSA) is 341 Å². The number of carbonyl (C=O) groups is 8. The number of ether oxygens (including phenoxy) is 7. The summed E-state index contributed by atoms with van der Waals surface area (Å²) in [5, 5.41) is 35.3. The zero-order valence-corrected chi connectivity index (χ0v) is 88.4. The summed E-state index contributed by atoms with van der Waals surface area (Å²) in [6.07, 6.45) is 18.9. The van der Waals surface area contributed by atoms with Gasteiger partial charge in [0.1, 0.15) is 22.9 Å². The van der Waals surface area contributed by atoms with Gasteiger partial charge in [-0.2, -0.15) is 10.4 Å². The second-order valence-electron chi connectivity index (χ2n) is 39.2. The molecule has 2 fully saturated rings. The molecule has 0 bridgehead atoms. The number of nitriles is 1. The number of H-pyrrole nitrogens is 1. The molecule has 2 aliphatic carbocycles. The van der Waals surface area contributed by atoms with Crippen LogP contribution in [0.1, 0.15) is 266 Å². The van der Waals surface area contributed by atoms with Crippen molar-refractivity contribution >= 4 is 126 Å². The largest absolute Gasteiger partial charge is 0.497 e. The molecule has 7 aromatic carbocycles. The highest BCUT2D eigenvalue weighted by atomic mass is 79.9. The lowest BCUT2D eigenvalue weighted by Gasteiger charge is -2.46. The van der Waals surface area contributed by atoms with Crippen molar-refractivity contribution in [2.75, 3.05) is 66.1 Å². The summed E-state index contributed by atoms with van der Waals surface area (Å²) in [7, 11) is 8.09. The van der Waals surface area contributed by atoms with Crippen molar-refractivity contribution in [3.8, 4) is 46.1 Å². The summed E-state index contributed by atoms with van der Waals surface area (Å²) in [6.45, 7) is 32.7. The first-order valence-corrected chi connectivity index (χ1v) is 51.1. The van der Waals surface area contributed by atoms with Gasteiger partial charge in [0.25, 0.3) is 0 Å². The van der Waals surface area contributed by atoms with Crippen LogP contribution in [0.25, 0.3) is 22.2 Å². The number of benzene rings is 7. The number of allylic oxidation sites excluding steroid dienone is 1. The van der Waals surface area contributed by atoms with Crippen LogP contribution in [0.3, 0.4) is 0 Å². The molecule has 4 atom stereocenters. The molecule has 10 aromatic rings. The number of amides is 8. The SMILES string of the molecule is CC(C)(C)OC(=O)Nc1ccc(-c2ccn[nH]2)cc1.CC1CC(C)(C)N(C(=O)NC2CCCCC2)c2ccccc21.CCOC(=O)c1c(CC)n(C)c2cc(Br)c(OC(C)=O)cc12.COc1cc(C2CC(=O)NC(SCC(=O)Cc3nccs3)=C2C#N)cc(OC)c1OC.COc1ccc2c(c1)C(C)CC(C)(C)N2C(=O)Nc1ccccc1.Cc1ccc2c(c1)C(C)CC(C)(C)N2C(=O)NC1CCCCC1. The molecule has 7 heterocycles. The van der Waals surface area contributed by atoms with E-state index in [9.17, 15) is 43.6 Å². The van der Waals surface area contributed by atoms with Gasteiger partial charge in [-0.3, -0.25) is 39.5 Å². The third-order valence-electron chi connectivity index (χ3n) is 25.8. The van der Waals surface area contributed by atoms with Gasteiger partial charge in [0.15, 0.2) is 11.5 Å². The fourth-order valence-corrected chi connectivity index (χ4v) is 21.7. The van der Waals surface area contributed by atoms with Gasteiger partial charge in [0.2, 0.25) is 11.7 Å². The van der Waals surface area contributed by atoms with Crippen molar-refractivity contribution < 1.29 is 71.5 Å². The summed E-state index contributed by atoms with van der Waals surface area (Å²) in [6, 6.07) is 49.6. The number of Topliss-reactive ketones (excluding diaryl/α,β-unsaturated/α-hetero) is 1. The van der Waals surface area contributed by atoms with Crippen LogP contribution in [0.2, 0.25) is 0 Å². The number of nitrogens with one attached hydrogen (secondary N) is 6. The van der Waals surface area contributed by atoms with Crippen LogP contribution in [-0.2, 0) is 43.7 Å². The first-order valence-electron chi connectivity index (χ1n) is 48.4. The van der Waals surface area contributed by atoms with Crippen LogP contribution in [0.5, 0.6) is 28.7 Å². The number of aryl methyl sites for hydroxylation is 2. The van der Waals surface area contributed by atoms with Crippen molar-refractivity contribution in [1.82, 2.24) is 35.7 Å². The number of thioether (sulfide) groups is 1. The number of aromatic nitrogens is 4. The third-order valence-corrected chi connectivity index (χ3v) is 28.3. The van der Waals surface area contributed by atoms with E-state index >= 15 is 0 Å². The minimum atomic E-state index is -0.500. The lowest BCUT2D eigenvalue weighted by molar-refractivity contribution is -0.132. The number of esters is 2. The molecular formula is C110H138BrN13O15S2. The maximum Gasteiger partial charge on any atom is 0.412 e. The van der Waals surface area contributed by atoms with Crippen LogP contribution in [0.4, 0.5) is 47.6 Å². The first-order chi connectivity index (χ1) is 67.1. The molecule has 3 aromatic heterocycles. The summed E-state index contributed by atoms with van der Waals surface area (Å²) in [5.74, 6) is 2.45. The Labute approximate surface area is 846 Å². The molecule has 4 unspecified atom stereocenters. The quantitative estimate of drug-likeness (QED) is 0.0323. The Morgan fingerprint density at radius 1 is 0.631 bits per heavy atom. The number of carbonyl (C=O) groups excluding carboxylic acids is 8. The average Bonchev–Trinajstić information content (AvgIpc) is 1.38. The van der Waals surface area contributed by atoms with Crippen molar-refractivity contribution in [1.29, 1.82) is 5.26 Å². The van der Waals surface area contributed by atoms with Crippen LogP contribution in [0, 0.1) is 18.3 Å². The number of rotatable bonds is 19. The number of halogens is 1. The van der Waals surface area contributed by atoms with Gasteiger partial charge in [-0.05, 0) is 274 Å². The molecule has 16 rings (SSSR count). The Kier molecular flexibility index (Phi) is 37.9. The second kappa shape index (κ2) is 49.2. The molecule has 6 N–H and O–H groups in total. The number of urea groups is 3. The molecule has 31 heteroatoms. The fourth-order valence-electron chi connectivity index (χ4n) is 19.7. The molecule has 8 amide bonds. The van der Waals surface area contributed by atoms with Gasteiger partial charge in [0, 0.05) is 112 Å². The van der Waals surface area contributed by atoms with Gasteiger partial charge in [-0.1, -0.05) is 144 Å². The van der Waals surface area contributed by atoms with Crippen molar-refractivity contribution in [3.05, 3.63) is 223 Å². The Morgan fingerprint density at radius 2 is 1.18 bits per heavy atom. The number of methoxy groups -OCH3 is 4.